The monoisotopic (exact) mass is 322 g/mol. The van der Waals surface area contributed by atoms with Crippen LogP contribution in [-0.2, 0) is 6.18 Å². The molecule has 3 rings (SSSR count). The predicted octanol–water partition coefficient (Wildman–Crippen LogP) is 2.47. The molecule has 0 unspecified atom stereocenters. The number of aromatic nitrogens is 5. The lowest BCUT2D eigenvalue weighted by Gasteiger charge is -2.03. The summed E-state index contributed by atoms with van der Waals surface area (Å²) in [7, 11) is 0. The maximum Gasteiger partial charge on any atom is 0.432 e. The van der Waals surface area contributed by atoms with Crippen molar-refractivity contribution in [3.05, 3.63) is 47.9 Å². The fraction of sp³-hybridized carbons (Fsp3) is 0.0769. The maximum atomic E-state index is 12.5. The van der Waals surface area contributed by atoms with E-state index in [0.717, 1.165) is 0 Å². The van der Waals surface area contributed by atoms with Crippen molar-refractivity contribution < 1.29 is 18.0 Å². The number of amides is 1. The number of anilines is 1. The smallest absolute Gasteiger partial charge is 0.320 e. The molecule has 118 valence electrons. The first kappa shape index (κ1) is 14.8. The van der Waals surface area contributed by atoms with Crippen LogP contribution in [0.4, 0.5) is 19.1 Å². The SMILES string of the molecule is O=C(Nc1ncc(C(F)(F)F)[nH]1)c1n[nH]nc1-c1ccccc1. The molecule has 0 atom stereocenters. The highest BCUT2D eigenvalue weighted by Gasteiger charge is 2.33. The van der Waals surface area contributed by atoms with Crippen molar-refractivity contribution in [1.82, 2.24) is 25.4 Å². The highest BCUT2D eigenvalue weighted by Crippen LogP contribution is 2.28. The summed E-state index contributed by atoms with van der Waals surface area (Å²) in [6.07, 6.45) is -3.98. The molecule has 0 saturated heterocycles. The topological polar surface area (TPSA) is 99.4 Å². The molecular weight excluding hydrogens is 313 g/mol. The van der Waals surface area contributed by atoms with Crippen LogP contribution in [-0.4, -0.2) is 31.3 Å². The third-order valence-corrected chi connectivity index (χ3v) is 2.92. The fourth-order valence-electron chi connectivity index (χ4n) is 1.88. The Bertz CT molecular complexity index is 824. The summed E-state index contributed by atoms with van der Waals surface area (Å²) in [5, 5.41) is 12.2. The molecule has 7 nitrogen and oxygen atoms in total. The molecule has 1 aromatic carbocycles. The molecule has 3 N–H and O–H groups in total. The number of nitrogens with zero attached hydrogens (tertiary/aromatic N) is 3. The van der Waals surface area contributed by atoms with E-state index in [0.29, 0.717) is 11.8 Å². The second-order valence-electron chi connectivity index (χ2n) is 4.48. The van der Waals surface area contributed by atoms with Gasteiger partial charge in [0.25, 0.3) is 5.91 Å². The maximum absolute atomic E-state index is 12.5. The molecule has 0 fully saturated rings. The number of benzene rings is 1. The van der Waals surface area contributed by atoms with Crippen molar-refractivity contribution in [2.45, 2.75) is 6.18 Å². The molecule has 0 aliphatic carbocycles. The van der Waals surface area contributed by atoms with Gasteiger partial charge >= 0.3 is 6.18 Å². The number of halogens is 3. The highest BCUT2D eigenvalue weighted by molar-refractivity contribution is 6.05. The number of imidazole rings is 1. The number of carbonyl (C=O) groups is 1. The molecule has 0 aliphatic rings. The van der Waals surface area contributed by atoms with Gasteiger partial charge in [-0.2, -0.15) is 28.6 Å². The summed E-state index contributed by atoms with van der Waals surface area (Å²) in [5.41, 5.74) is -0.190. The van der Waals surface area contributed by atoms with Gasteiger partial charge in [-0.25, -0.2) is 4.98 Å². The van der Waals surface area contributed by atoms with Gasteiger partial charge in [-0.1, -0.05) is 30.3 Å². The van der Waals surface area contributed by atoms with Crippen molar-refractivity contribution in [1.29, 1.82) is 0 Å². The molecule has 10 heteroatoms. The van der Waals surface area contributed by atoms with Gasteiger partial charge in [0.1, 0.15) is 11.4 Å². The van der Waals surface area contributed by atoms with Crippen LogP contribution in [0.1, 0.15) is 16.2 Å². The van der Waals surface area contributed by atoms with Gasteiger partial charge in [-0.15, -0.1) is 0 Å². The van der Waals surface area contributed by atoms with Gasteiger partial charge in [-0.05, 0) is 0 Å². The van der Waals surface area contributed by atoms with E-state index < -0.39 is 17.8 Å². The molecule has 2 aromatic heterocycles. The molecule has 3 aromatic rings. The number of hydrogen-bond acceptors (Lipinski definition) is 4. The highest BCUT2D eigenvalue weighted by atomic mass is 19.4. The number of aromatic amines is 2. The van der Waals surface area contributed by atoms with Crippen molar-refractivity contribution >= 4 is 11.9 Å². The van der Waals surface area contributed by atoms with Crippen LogP contribution in [0.25, 0.3) is 11.3 Å². The lowest BCUT2D eigenvalue weighted by atomic mass is 10.1. The van der Waals surface area contributed by atoms with Crippen molar-refractivity contribution in [3.63, 3.8) is 0 Å². The third kappa shape index (κ3) is 3.05. The zero-order valence-corrected chi connectivity index (χ0v) is 11.3. The summed E-state index contributed by atoms with van der Waals surface area (Å²) >= 11 is 0. The molecule has 0 radical (unpaired) electrons. The molecular formula is C13H9F3N6O. The summed E-state index contributed by atoms with van der Waals surface area (Å²) in [6, 6.07) is 8.76. The van der Waals surface area contributed by atoms with Gasteiger partial charge < -0.3 is 4.98 Å². The van der Waals surface area contributed by atoms with Crippen LogP contribution in [0.15, 0.2) is 36.5 Å². The third-order valence-electron chi connectivity index (χ3n) is 2.92. The van der Waals surface area contributed by atoms with E-state index in [1.165, 1.54) is 0 Å². The van der Waals surface area contributed by atoms with Crippen LogP contribution in [0.2, 0.25) is 0 Å². The molecule has 0 saturated carbocycles. The number of rotatable bonds is 3. The summed E-state index contributed by atoms with van der Waals surface area (Å²) in [5.74, 6) is -1.06. The molecule has 0 bridgehead atoms. The minimum Gasteiger partial charge on any atom is -0.320 e. The number of H-pyrrole nitrogens is 2. The molecule has 23 heavy (non-hydrogen) atoms. The second kappa shape index (κ2) is 5.55. The molecule has 1 amide bonds. The van der Waals surface area contributed by atoms with E-state index >= 15 is 0 Å². The van der Waals surface area contributed by atoms with Crippen molar-refractivity contribution in [2.24, 2.45) is 0 Å². The van der Waals surface area contributed by atoms with E-state index in [-0.39, 0.29) is 17.3 Å². The summed E-state index contributed by atoms with van der Waals surface area (Å²) < 4.78 is 37.5. The number of carbonyl (C=O) groups excluding carboxylic acids is 1. The van der Waals surface area contributed by atoms with Gasteiger partial charge in [0.2, 0.25) is 5.95 Å². The molecule has 0 aliphatic heterocycles. The van der Waals surface area contributed by atoms with Gasteiger partial charge in [0, 0.05) is 5.56 Å². The molecule has 2 heterocycles. The average molecular weight is 322 g/mol. The zero-order chi connectivity index (χ0) is 16.4. The van der Waals surface area contributed by atoms with E-state index in [9.17, 15) is 18.0 Å². The predicted molar refractivity (Wildman–Crippen MR) is 73.4 cm³/mol. The Balaban J connectivity index is 1.83. The Labute approximate surface area is 126 Å². The van der Waals surface area contributed by atoms with E-state index in [2.05, 4.69) is 25.7 Å². The Morgan fingerprint density at radius 3 is 2.52 bits per heavy atom. The second-order valence-corrected chi connectivity index (χ2v) is 4.48. The average Bonchev–Trinajstić information content (AvgIpc) is 3.16. The minimum absolute atomic E-state index is 0.0545. The summed E-state index contributed by atoms with van der Waals surface area (Å²) in [4.78, 5) is 17.6. The number of nitrogens with one attached hydrogen (secondary N) is 3. The Morgan fingerprint density at radius 1 is 1.13 bits per heavy atom. The van der Waals surface area contributed by atoms with Crippen LogP contribution >= 0.6 is 0 Å². The van der Waals surface area contributed by atoms with E-state index in [1.54, 1.807) is 30.3 Å². The van der Waals surface area contributed by atoms with Gasteiger partial charge in [0.15, 0.2) is 5.69 Å². The largest absolute Gasteiger partial charge is 0.432 e. The first-order valence-corrected chi connectivity index (χ1v) is 6.35. The van der Waals surface area contributed by atoms with E-state index in [1.807, 2.05) is 4.98 Å². The van der Waals surface area contributed by atoms with Gasteiger partial charge in [-0.3, -0.25) is 10.1 Å². The minimum atomic E-state index is -4.57. The first-order chi connectivity index (χ1) is 10.9. The zero-order valence-electron chi connectivity index (χ0n) is 11.3. The lowest BCUT2D eigenvalue weighted by molar-refractivity contribution is -0.140. The standard InChI is InChI=1S/C13H9F3N6O/c14-13(15,16)8-6-17-12(18-8)19-11(23)10-9(20-22-21-10)7-4-2-1-3-5-7/h1-6H,(H,20,21,22)(H2,17,18,19,23). The summed E-state index contributed by atoms with van der Waals surface area (Å²) in [6.45, 7) is 0. The Morgan fingerprint density at radius 2 is 1.87 bits per heavy atom. The quantitative estimate of drug-likeness (QED) is 0.689. The number of alkyl halides is 3. The van der Waals surface area contributed by atoms with Crippen molar-refractivity contribution in [2.75, 3.05) is 5.32 Å². The fourth-order valence-corrected chi connectivity index (χ4v) is 1.88. The van der Waals surface area contributed by atoms with Crippen LogP contribution in [0.3, 0.4) is 0 Å². The van der Waals surface area contributed by atoms with E-state index in [4.69, 9.17) is 0 Å². The normalized spacial score (nSPS) is 11.4. The lowest BCUT2D eigenvalue weighted by Crippen LogP contribution is -2.15. The van der Waals surface area contributed by atoms with Gasteiger partial charge in [0.05, 0.1) is 6.20 Å². The number of hydrogen-bond donors (Lipinski definition) is 3. The molecule has 0 spiro atoms. The van der Waals surface area contributed by atoms with Crippen LogP contribution < -0.4 is 5.32 Å². The Hall–Kier alpha value is -3.17. The first-order valence-electron chi connectivity index (χ1n) is 6.35. The van der Waals surface area contributed by atoms with Crippen molar-refractivity contribution in [3.8, 4) is 11.3 Å². The van der Waals surface area contributed by atoms with Crippen LogP contribution in [0.5, 0.6) is 0 Å². The Kier molecular flexibility index (Phi) is 3.56. The van der Waals surface area contributed by atoms with Crippen LogP contribution in [0, 0.1) is 0 Å².